The van der Waals surface area contributed by atoms with E-state index in [0.717, 1.165) is 12.1 Å². The molecule has 1 aromatic carbocycles. The molecule has 0 unspecified atom stereocenters. The zero-order valence-electron chi connectivity index (χ0n) is 9.41. The largest absolute Gasteiger partial charge is 0.395 e. The molecule has 0 heterocycles. The fraction of sp³-hybridized carbons (Fsp3) is 0.364. The van der Waals surface area contributed by atoms with E-state index in [1.807, 2.05) is 0 Å². The Bertz CT molecular complexity index is 401. The topological polar surface area (TPSA) is 66.6 Å². The van der Waals surface area contributed by atoms with Crippen LogP contribution in [0, 0.1) is 11.6 Å². The molecule has 0 fully saturated rings. The maximum atomic E-state index is 13.2. The van der Waals surface area contributed by atoms with E-state index in [4.69, 9.17) is 10.8 Å². The zero-order chi connectivity index (χ0) is 13.0. The number of hydrogen-bond donors (Lipinski definition) is 2. The Kier molecular flexibility index (Phi) is 4.39. The monoisotopic (exact) mass is 244 g/mol. The first kappa shape index (κ1) is 13.4. The lowest BCUT2D eigenvalue weighted by Gasteiger charge is -2.19. The highest BCUT2D eigenvalue weighted by Gasteiger charge is 2.17. The van der Waals surface area contributed by atoms with Crippen molar-refractivity contribution in [3.63, 3.8) is 0 Å². The summed E-state index contributed by atoms with van der Waals surface area (Å²) in [5.41, 5.74) is 4.38. The van der Waals surface area contributed by atoms with E-state index < -0.39 is 23.2 Å². The van der Waals surface area contributed by atoms with Crippen LogP contribution >= 0.6 is 0 Å². The van der Waals surface area contributed by atoms with E-state index in [2.05, 4.69) is 0 Å². The van der Waals surface area contributed by atoms with Crippen molar-refractivity contribution < 1.29 is 18.7 Å². The van der Waals surface area contributed by atoms with Gasteiger partial charge >= 0.3 is 0 Å². The van der Waals surface area contributed by atoms with Gasteiger partial charge in [-0.25, -0.2) is 8.78 Å². The first-order chi connectivity index (χ1) is 8.01. The molecule has 0 aliphatic rings. The van der Waals surface area contributed by atoms with E-state index in [-0.39, 0.29) is 18.7 Å². The molecule has 0 saturated heterocycles. The van der Waals surface area contributed by atoms with Crippen LogP contribution in [-0.2, 0) is 0 Å². The second kappa shape index (κ2) is 5.58. The Hall–Kier alpha value is -1.69. The number of benzene rings is 1. The Morgan fingerprint density at radius 2 is 1.94 bits per heavy atom. The summed E-state index contributed by atoms with van der Waals surface area (Å²) in [7, 11) is 0. The van der Waals surface area contributed by atoms with Crippen molar-refractivity contribution in [2.24, 2.45) is 0 Å². The van der Waals surface area contributed by atoms with Gasteiger partial charge in [0.05, 0.1) is 6.61 Å². The molecule has 4 nitrogen and oxygen atoms in total. The van der Waals surface area contributed by atoms with Crippen LogP contribution in [0.25, 0.3) is 0 Å². The van der Waals surface area contributed by atoms with E-state index >= 15 is 0 Å². The normalized spacial score (nSPS) is 10.4. The number of carbonyl (C=O) groups is 1. The van der Waals surface area contributed by atoms with E-state index in [1.54, 1.807) is 6.92 Å². The predicted octanol–water partition coefficient (Wildman–Crippen LogP) is 1.00. The van der Waals surface area contributed by atoms with Gasteiger partial charge in [0.15, 0.2) is 0 Å². The van der Waals surface area contributed by atoms with Gasteiger partial charge in [0.25, 0.3) is 5.91 Å². The third-order valence-electron chi connectivity index (χ3n) is 2.36. The van der Waals surface area contributed by atoms with Gasteiger partial charge in [-0.3, -0.25) is 4.79 Å². The molecule has 0 spiro atoms. The average molecular weight is 244 g/mol. The fourth-order valence-electron chi connectivity index (χ4n) is 1.41. The van der Waals surface area contributed by atoms with Gasteiger partial charge in [-0.1, -0.05) is 0 Å². The predicted molar refractivity (Wildman–Crippen MR) is 59.4 cm³/mol. The summed E-state index contributed by atoms with van der Waals surface area (Å²) in [5, 5.41) is 8.75. The molecule has 3 N–H and O–H groups in total. The molecule has 0 bridgehead atoms. The van der Waals surface area contributed by atoms with Crippen molar-refractivity contribution >= 4 is 11.6 Å². The van der Waals surface area contributed by atoms with Crippen LogP contribution in [0.1, 0.15) is 17.3 Å². The van der Waals surface area contributed by atoms with Crippen molar-refractivity contribution in [1.29, 1.82) is 0 Å². The van der Waals surface area contributed by atoms with E-state index in [0.29, 0.717) is 6.54 Å². The SMILES string of the molecule is CCN(CCO)C(=O)c1cc(F)c(N)c(F)c1. The second-order valence-corrected chi connectivity index (χ2v) is 3.46. The standard InChI is InChI=1S/C11H14F2N2O2/c1-2-15(3-4-16)11(17)7-5-8(12)10(14)9(13)6-7/h5-6,16H,2-4,14H2,1H3. The van der Waals surface area contributed by atoms with Crippen LogP contribution in [0.15, 0.2) is 12.1 Å². The van der Waals surface area contributed by atoms with Gasteiger partial charge in [-0.05, 0) is 19.1 Å². The molecule has 6 heteroatoms. The Morgan fingerprint density at radius 1 is 1.41 bits per heavy atom. The molecule has 0 aromatic heterocycles. The minimum atomic E-state index is -0.964. The number of nitrogens with zero attached hydrogens (tertiary/aromatic N) is 1. The fourth-order valence-corrected chi connectivity index (χ4v) is 1.41. The second-order valence-electron chi connectivity index (χ2n) is 3.46. The first-order valence-electron chi connectivity index (χ1n) is 5.15. The van der Waals surface area contributed by atoms with Crippen LogP contribution in [0.5, 0.6) is 0 Å². The number of hydrogen-bond acceptors (Lipinski definition) is 3. The average Bonchev–Trinajstić information content (AvgIpc) is 2.31. The van der Waals surface area contributed by atoms with Crippen LogP contribution < -0.4 is 5.73 Å². The number of rotatable bonds is 4. The number of carbonyl (C=O) groups excluding carboxylic acids is 1. The summed E-state index contributed by atoms with van der Waals surface area (Å²) in [6.07, 6.45) is 0. The molecule has 0 aliphatic carbocycles. The van der Waals surface area contributed by atoms with Gasteiger partial charge in [0.1, 0.15) is 17.3 Å². The summed E-state index contributed by atoms with van der Waals surface area (Å²) in [6, 6.07) is 1.78. The lowest BCUT2D eigenvalue weighted by molar-refractivity contribution is 0.0731. The molecule has 0 atom stereocenters. The summed E-state index contributed by atoms with van der Waals surface area (Å²) in [4.78, 5) is 13.1. The summed E-state index contributed by atoms with van der Waals surface area (Å²) in [5.74, 6) is -2.47. The number of aliphatic hydroxyl groups excluding tert-OH is 1. The summed E-state index contributed by atoms with van der Waals surface area (Å²) in [6.45, 7) is 1.95. The number of likely N-dealkylation sites (N-methyl/N-ethyl adjacent to an activating group) is 1. The highest BCUT2D eigenvalue weighted by atomic mass is 19.1. The molecule has 0 radical (unpaired) electrons. The van der Waals surface area contributed by atoms with Crippen LogP contribution in [0.2, 0.25) is 0 Å². The molecule has 17 heavy (non-hydrogen) atoms. The lowest BCUT2D eigenvalue weighted by Crippen LogP contribution is -2.33. The van der Waals surface area contributed by atoms with Gasteiger partial charge in [0, 0.05) is 18.7 Å². The first-order valence-corrected chi connectivity index (χ1v) is 5.15. The molecule has 1 amide bonds. The highest BCUT2D eigenvalue weighted by molar-refractivity contribution is 5.94. The van der Waals surface area contributed by atoms with Crippen molar-refractivity contribution in [2.45, 2.75) is 6.92 Å². The number of amides is 1. The third-order valence-corrected chi connectivity index (χ3v) is 2.36. The molecule has 0 aliphatic heterocycles. The zero-order valence-corrected chi connectivity index (χ0v) is 9.41. The minimum Gasteiger partial charge on any atom is -0.395 e. The van der Waals surface area contributed by atoms with Gasteiger partial charge in [-0.15, -0.1) is 0 Å². The van der Waals surface area contributed by atoms with Crippen molar-refractivity contribution in [1.82, 2.24) is 4.90 Å². The van der Waals surface area contributed by atoms with Crippen LogP contribution in [0.3, 0.4) is 0 Å². The number of halogens is 2. The highest BCUT2D eigenvalue weighted by Crippen LogP contribution is 2.18. The van der Waals surface area contributed by atoms with Gasteiger partial charge < -0.3 is 15.7 Å². The molecular weight excluding hydrogens is 230 g/mol. The summed E-state index contributed by atoms with van der Waals surface area (Å²) < 4.78 is 26.3. The Labute approximate surface area is 97.6 Å². The molecule has 94 valence electrons. The minimum absolute atomic E-state index is 0.114. The number of nitrogens with two attached hydrogens (primary N) is 1. The Balaban J connectivity index is 3.03. The van der Waals surface area contributed by atoms with E-state index in [1.165, 1.54) is 4.90 Å². The molecule has 1 aromatic rings. The van der Waals surface area contributed by atoms with Crippen molar-refractivity contribution in [2.75, 3.05) is 25.4 Å². The maximum Gasteiger partial charge on any atom is 0.254 e. The van der Waals surface area contributed by atoms with Crippen molar-refractivity contribution in [3.05, 3.63) is 29.3 Å². The quantitative estimate of drug-likeness (QED) is 0.776. The van der Waals surface area contributed by atoms with Gasteiger partial charge in [0.2, 0.25) is 0 Å². The number of nitrogen functional groups attached to an aromatic ring is 1. The molecular formula is C11H14F2N2O2. The van der Waals surface area contributed by atoms with E-state index in [9.17, 15) is 13.6 Å². The van der Waals surface area contributed by atoms with Gasteiger partial charge in [-0.2, -0.15) is 0 Å². The van der Waals surface area contributed by atoms with Crippen molar-refractivity contribution in [3.8, 4) is 0 Å². The summed E-state index contributed by atoms with van der Waals surface area (Å²) >= 11 is 0. The molecule has 0 saturated carbocycles. The van der Waals surface area contributed by atoms with Crippen LogP contribution in [-0.4, -0.2) is 35.6 Å². The Morgan fingerprint density at radius 3 is 2.35 bits per heavy atom. The lowest BCUT2D eigenvalue weighted by atomic mass is 10.1. The molecule has 1 rings (SSSR count). The smallest absolute Gasteiger partial charge is 0.254 e. The number of aliphatic hydroxyl groups is 1. The third kappa shape index (κ3) is 2.91. The van der Waals surface area contributed by atoms with Crippen LogP contribution in [0.4, 0.5) is 14.5 Å². The number of anilines is 1. The maximum absolute atomic E-state index is 13.2.